The van der Waals surface area contributed by atoms with Gasteiger partial charge in [0.05, 0.1) is 0 Å². The monoisotopic (exact) mass is 270 g/mol. The minimum absolute atomic E-state index is 0.501. The molecule has 0 radical (unpaired) electrons. The maximum atomic E-state index is 9.00. The molecule has 0 bridgehead atoms. The summed E-state index contributed by atoms with van der Waals surface area (Å²) in [5.74, 6) is 1.12. The zero-order chi connectivity index (χ0) is 14.3. The van der Waals surface area contributed by atoms with Crippen molar-refractivity contribution in [3.63, 3.8) is 0 Å². The summed E-state index contributed by atoms with van der Waals surface area (Å²) >= 11 is 0. The number of carboxylic acid groups (broad SMARTS) is 1. The van der Waals surface area contributed by atoms with Gasteiger partial charge in [-0.1, -0.05) is 0 Å². The predicted octanol–water partition coefficient (Wildman–Crippen LogP) is 2.50. The van der Waals surface area contributed by atoms with Crippen LogP contribution < -0.4 is 11.5 Å². The van der Waals surface area contributed by atoms with Crippen LogP contribution in [0, 0.1) is 11.8 Å². The Morgan fingerprint density at radius 3 is 1.42 bits per heavy atom. The number of rotatable bonds is 2. The van der Waals surface area contributed by atoms with Crippen LogP contribution >= 0.6 is 0 Å². The first-order valence-electron chi connectivity index (χ1n) is 7.68. The topological polar surface area (TPSA) is 89.3 Å². The molecule has 0 aromatic rings. The first-order valence-corrected chi connectivity index (χ1v) is 7.68. The van der Waals surface area contributed by atoms with E-state index in [9.17, 15) is 0 Å². The first-order chi connectivity index (χ1) is 8.97. The fraction of sp³-hybridized carbons (Fsp3) is 0.933. The van der Waals surface area contributed by atoms with Crippen LogP contribution in [-0.4, -0.2) is 23.2 Å². The van der Waals surface area contributed by atoms with Gasteiger partial charge in [-0.2, -0.15) is 0 Å². The van der Waals surface area contributed by atoms with E-state index < -0.39 is 5.97 Å². The average molecular weight is 270 g/mol. The van der Waals surface area contributed by atoms with Crippen molar-refractivity contribution in [1.82, 2.24) is 0 Å². The molecule has 2 aliphatic carbocycles. The summed E-state index contributed by atoms with van der Waals surface area (Å²) in [5.41, 5.74) is 11.9. The smallest absolute Gasteiger partial charge is 0.300 e. The highest BCUT2D eigenvalue weighted by molar-refractivity contribution is 5.62. The van der Waals surface area contributed by atoms with Gasteiger partial charge in [-0.15, -0.1) is 0 Å². The van der Waals surface area contributed by atoms with E-state index in [1.54, 1.807) is 0 Å². The van der Waals surface area contributed by atoms with Gasteiger partial charge in [0.15, 0.2) is 0 Å². The lowest BCUT2D eigenvalue weighted by Crippen LogP contribution is -2.30. The molecule has 4 nitrogen and oxygen atoms in total. The molecule has 2 rings (SSSR count). The Kier molecular flexibility index (Phi) is 7.39. The molecule has 2 saturated carbocycles. The highest BCUT2D eigenvalue weighted by Crippen LogP contribution is 2.34. The third kappa shape index (κ3) is 7.53. The Morgan fingerprint density at radius 2 is 1.16 bits per heavy atom. The van der Waals surface area contributed by atoms with E-state index in [0.717, 1.165) is 18.8 Å². The summed E-state index contributed by atoms with van der Waals surface area (Å²) in [6, 6.07) is 1.00. The number of nitrogens with two attached hydrogens (primary N) is 2. The average Bonchev–Trinajstić information content (AvgIpc) is 2.34. The molecule has 0 aromatic heterocycles. The van der Waals surface area contributed by atoms with E-state index in [4.69, 9.17) is 21.4 Å². The van der Waals surface area contributed by atoms with Gasteiger partial charge in [-0.05, 0) is 69.6 Å². The molecule has 0 atom stereocenters. The molecule has 0 saturated heterocycles. The van der Waals surface area contributed by atoms with Gasteiger partial charge in [0.2, 0.25) is 0 Å². The lowest BCUT2D eigenvalue weighted by molar-refractivity contribution is -0.134. The molecule has 4 heteroatoms. The van der Waals surface area contributed by atoms with Crippen molar-refractivity contribution in [1.29, 1.82) is 0 Å². The van der Waals surface area contributed by atoms with Crippen LogP contribution in [0.2, 0.25) is 0 Å². The molecule has 0 unspecified atom stereocenters. The van der Waals surface area contributed by atoms with E-state index >= 15 is 0 Å². The van der Waals surface area contributed by atoms with Crippen LogP contribution in [0.15, 0.2) is 0 Å². The van der Waals surface area contributed by atoms with Crippen molar-refractivity contribution < 1.29 is 9.90 Å². The molecule has 2 aliphatic rings. The second-order valence-electron chi connectivity index (χ2n) is 6.32. The molecule has 112 valence electrons. The van der Waals surface area contributed by atoms with E-state index in [0.29, 0.717) is 12.1 Å². The molecule has 0 amide bonds. The summed E-state index contributed by atoms with van der Waals surface area (Å²) in [6.07, 6.45) is 12.0. The Labute approximate surface area is 116 Å². The van der Waals surface area contributed by atoms with Crippen LogP contribution in [0.5, 0.6) is 0 Å². The highest BCUT2D eigenvalue weighted by Gasteiger charge is 2.24. The quantitative estimate of drug-likeness (QED) is 0.719. The zero-order valence-electron chi connectivity index (χ0n) is 12.2. The van der Waals surface area contributed by atoms with E-state index in [1.165, 1.54) is 57.8 Å². The molecular weight excluding hydrogens is 240 g/mol. The number of hydrogen-bond donors (Lipinski definition) is 3. The fourth-order valence-corrected chi connectivity index (χ4v) is 3.32. The van der Waals surface area contributed by atoms with Crippen molar-refractivity contribution in [2.24, 2.45) is 23.3 Å². The van der Waals surface area contributed by atoms with Crippen LogP contribution in [0.3, 0.4) is 0 Å². The second-order valence-corrected chi connectivity index (χ2v) is 6.32. The third-order valence-corrected chi connectivity index (χ3v) is 4.45. The summed E-state index contributed by atoms with van der Waals surface area (Å²) in [6.45, 7) is 1.08. The summed E-state index contributed by atoms with van der Waals surface area (Å²) < 4.78 is 0. The lowest BCUT2D eigenvalue weighted by atomic mass is 9.76. The summed E-state index contributed by atoms with van der Waals surface area (Å²) in [7, 11) is 0. The fourth-order valence-electron chi connectivity index (χ4n) is 3.32. The molecule has 0 aliphatic heterocycles. The first kappa shape index (κ1) is 16.4. The number of hydrogen-bond acceptors (Lipinski definition) is 3. The van der Waals surface area contributed by atoms with Crippen molar-refractivity contribution in [2.75, 3.05) is 0 Å². The molecule has 0 heterocycles. The SMILES string of the molecule is CC(=O)O.NC1CCC(CC2CCC(N)CC2)CC1. The summed E-state index contributed by atoms with van der Waals surface area (Å²) in [4.78, 5) is 9.00. The molecule has 2 fully saturated rings. The van der Waals surface area contributed by atoms with Gasteiger partial charge in [0.1, 0.15) is 0 Å². The number of aliphatic carboxylic acids is 1. The molecule has 19 heavy (non-hydrogen) atoms. The largest absolute Gasteiger partial charge is 0.481 e. The van der Waals surface area contributed by atoms with Gasteiger partial charge in [0.25, 0.3) is 5.97 Å². The van der Waals surface area contributed by atoms with Gasteiger partial charge < -0.3 is 16.6 Å². The Morgan fingerprint density at radius 1 is 0.895 bits per heavy atom. The Hall–Kier alpha value is -0.610. The van der Waals surface area contributed by atoms with Crippen LogP contribution in [0.4, 0.5) is 0 Å². The maximum Gasteiger partial charge on any atom is 0.300 e. The lowest BCUT2D eigenvalue weighted by Gasteiger charge is -2.32. The zero-order valence-corrected chi connectivity index (χ0v) is 12.2. The third-order valence-electron chi connectivity index (χ3n) is 4.45. The standard InChI is InChI=1S/C13H26N2.C2H4O2/c14-12-5-1-10(2-6-12)9-11-3-7-13(15)8-4-11;1-2(3)4/h10-13H,1-9,14-15H2;1H3,(H,3,4). The molecule has 0 aromatic carbocycles. The van der Waals surface area contributed by atoms with Gasteiger partial charge in [-0.3, -0.25) is 4.79 Å². The number of carbonyl (C=O) groups is 1. The van der Waals surface area contributed by atoms with Crippen molar-refractivity contribution in [2.45, 2.75) is 76.8 Å². The van der Waals surface area contributed by atoms with Crippen molar-refractivity contribution in [3.05, 3.63) is 0 Å². The van der Waals surface area contributed by atoms with E-state index in [1.807, 2.05) is 0 Å². The van der Waals surface area contributed by atoms with Crippen molar-refractivity contribution in [3.8, 4) is 0 Å². The predicted molar refractivity (Wildman–Crippen MR) is 77.8 cm³/mol. The highest BCUT2D eigenvalue weighted by atomic mass is 16.4. The van der Waals surface area contributed by atoms with Crippen LogP contribution in [-0.2, 0) is 4.79 Å². The molecule has 5 N–H and O–H groups in total. The summed E-state index contributed by atoms with van der Waals surface area (Å²) in [5, 5.41) is 7.42. The van der Waals surface area contributed by atoms with Gasteiger partial charge >= 0.3 is 0 Å². The Balaban J connectivity index is 0.000000399. The molecule has 0 spiro atoms. The normalized spacial score (nSPS) is 35.1. The molecular formula is C15H30N2O2. The van der Waals surface area contributed by atoms with Crippen LogP contribution in [0.25, 0.3) is 0 Å². The van der Waals surface area contributed by atoms with Gasteiger partial charge in [-0.25, -0.2) is 0 Å². The van der Waals surface area contributed by atoms with Gasteiger partial charge in [0, 0.05) is 19.0 Å². The van der Waals surface area contributed by atoms with Crippen LogP contribution in [0.1, 0.15) is 64.7 Å². The van der Waals surface area contributed by atoms with Crippen molar-refractivity contribution >= 4 is 5.97 Å². The minimum atomic E-state index is -0.833. The Bertz CT molecular complexity index is 231. The number of carboxylic acids is 1. The second kappa shape index (κ2) is 8.54. The van der Waals surface area contributed by atoms with E-state index in [2.05, 4.69) is 0 Å². The minimum Gasteiger partial charge on any atom is -0.481 e. The van der Waals surface area contributed by atoms with E-state index in [-0.39, 0.29) is 0 Å². The maximum absolute atomic E-state index is 9.00.